The van der Waals surface area contributed by atoms with Crippen LogP contribution < -0.4 is 0 Å². The predicted molar refractivity (Wildman–Crippen MR) is 135 cm³/mol. The average molecular weight is 502 g/mol. The Morgan fingerprint density at radius 3 is 0.966 bits per heavy atom. The smallest absolute Gasteiger partial charge is 0.377 e. The third-order valence-corrected chi connectivity index (χ3v) is 5.63. The number of hydrogen-bond donors (Lipinski definition) is 0. The van der Waals surface area contributed by atoms with Crippen LogP contribution in [-0.4, -0.2) is 16.1 Å². The molecule has 29 heavy (non-hydrogen) atoms. The van der Waals surface area contributed by atoms with Gasteiger partial charge in [0.1, 0.15) is 0 Å². The summed E-state index contributed by atoms with van der Waals surface area (Å²) in [6.45, 7) is 18.8. The predicted octanol–water partition coefficient (Wildman–Crippen LogP) is 8.43. The summed E-state index contributed by atoms with van der Waals surface area (Å²) in [6.07, 6.45) is 24.8. The Bertz CT molecular complexity index is 517. The van der Waals surface area contributed by atoms with Crippen molar-refractivity contribution in [1.82, 2.24) is 0 Å². The Hall–Kier alpha value is -0.243. The van der Waals surface area contributed by atoms with E-state index in [1.807, 2.05) is 61.4 Å². The van der Waals surface area contributed by atoms with Crippen LogP contribution in [0.5, 0.6) is 0 Å². The molecule has 2 aliphatic carbocycles. The van der Waals surface area contributed by atoms with Crippen LogP contribution in [0.1, 0.15) is 39.5 Å². The Morgan fingerprint density at radius 2 is 0.828 bits per heavy atom. The fourth-order valence-electron chi connectivity index (χ4n) is 2.62. The summed E-state index contributed by atoms with van der Waals surface area (Å²) >= 11 is 0. The molecule has 0 aromatic heterocycles. The van der Waals surface area contributed by atoms with Gasteiger partial charge in [0.25, 0.3) is 0 Å². The van der Waals surface area contributed by atoms with Crippen molar-refractivity contribution in [3.05, 3.63) is 84.0 Å². The van der Waals surface area contributed by atoms with Crippen LogP contribution in [0, 0.1) is 24.2 Å². The van der Waals surface area contributed by atoms with Crippen molar-refractivity contribution in [2.24, 2.45) is 0 Å². The van der Waals surface area contributed by atoms with Gasteiger partial charge in [0.2, 0.25) is 0 Å². The molecule has 0 amide bonds. The molecule has 2 rings (SSSR count). The molecule has 0 saturated carbocycles. The van der Waals surface area contributed by atoms with E-state index >= 15 is 0 Å². The quantitative estimate of drug-likeness (QED) is 0.186. The molecule has 0 aliphatic heterocycles. The first-order valence-corrected chi connectivity index (χ1v) is 17.7. The number of allylic oxidation sites excluding steroid dienone is 10. The van der Waals surface area contributed by atoms with Crippen molar-refractivity contribution in [3.63, 3.8) is 0 Å². The Labute approximate surface area is 204 Å². The van der Waals surface area contributed by atoms with Crippen LogP contribution in [0.3, 0.4) is 0 Å². The monoisotopic (exact) mass is 500 g/mol. The fourth-order valence-corrected chi connectivity index (χ4v) is 4.99. The van der Waals surface area contributed by atoms with Gasteiger partial charge in [-0.1, -0.05) is 115 Å². The maximum absolute atomic E-state index is 3.84. The maximum Gasteiger partial charge on any atom is 2.00 e. The van der Waals surface area contributed by atoms with Crippen LogP contribution in [0.25, 0.3) is 0 Å². The van der Waals surface area contributed by atoms with Gasteiger partial charge in [-0.15, -0.1) is 12.8 Å². The fraction of sp³-hybridized carbons (Fsp3) is 0.462. The normalized spacial score (nSPS) is 15.4. The summed E-state index contributed by atoms with van der Waals surface area (Å²) < 4.78 is 0. The van der Waals surface area contributed by atoms with Gasteiger partial charge in [0.15, 0.2) is 0 Å². The molecule has 0 unspecified atom stereocenters. The average Bonchev–Trinajstić information content (AvgIpc) is 3.30. The standard InChI is InChI=1S/C16H32Si2.2C5H5.Zr/c1-9-11-15(13-17(3,4)5)16(12-10-2)14-18(6,7)8;2*1-2-4-5-3-1;/h9-12H2,1-8H3;2*1-5H;/q-2;;;+2. The van der Waals surface area contributed by atoms with E-state index in [2.05, 4.69) is 64.5 Å². The van der Waals surface area contributed by atoms with Gasteiger partial charge in [-0.2, -0.15) is 0 Å². The molecular formula is C26H42Si2Zr. The minimum Gasteiger partial charge on any atom is -0.377 e. The van der Waals surface area contributed by atoms with Gasteiger partial charge in [0, 0.05) is 12.8 Å². The summed E-state index contributed by atoms with van der Waals surface area (Å²) in [6, 6.07) is 0. The molecule has 0 spiro atoms. The van der Waals surface area contributed by atoms with Crippen LogP contribution in [0.2, 0.25) is 39.3 Å². The van der Waals surface area contributed by atoms with Gasteiger partial charge in [0.05, 0.1) is 0 Å². The summed E-state index contributed by atoms with van der Waals surface area (Å²) in [4.78, 5) is 0. The molecule has 0 bridgehead atoms. The molecule has 2 radical (unpaired) electrons. The molecule has 0 heterocycles. The van der Waals surface area contributed by atoms with E-state index in [0.717, 1.165) is 0 Å². The third-order valence-electron chi connectivity index (χ3n) is 3.53. The number of rotatable bonds is 7. The largest absolute Gasteiger partial charge is 2.00 e. The Kier molecular flexibility index (Phi) is 18.6. The molecule has 158 valence electrons. The van der Waals surface area contributed by atoms with E-state index in [0.29, 0.717) is 0 Å². The molecule has 0 N–H and O–H groups in total. The van der Waals surface area contributed by atoms with Gasteiger partial charge >= 0.3 is 26.2 Å². The van der Waals surface area contributed by atoms with Gasteiger partial charge < -0.3 is 22.5 Å². The summed E-state index contributed by atoms with van der Waals surface area (Å²) in [5, 5.41) is 0. The minimum atomic E-state index is -1.26. The molecule has 2 aliphatic rings. The first-order valence-electron chi connectivity index (χ1n) is 10.7. The summed E-state index contributed by atoms with van der Waals surface area (Å²) in [7, 11) is -2.51. The minimum absolute atomic E-state index is 0. The van der Waals surface area contributed by atoms with Crippen molar-refractivity contribution in [3.8, 4) is 0 Å². The second-order valence-corrected chi connectivity index (χ2v) is 18.6. The van der Waals surface area contributed by atoms with Crippen LogP contribution >= 0.6 is 0 Å². The zero-order valence-corrected chi connectivity index (χ0v) is 24.6. The molecule has 0 nitrogen and oxygen atoms in total. The van der Waals surface area contributed by atoms with Crippen molar-refractivity contribution in [1.29, 1.82) is 0 Å². The summed E-state index contributed by atoms with van der Waals surface area (Å²) in [5.41, 5.74) is 10.7. The molecule has 0 saturated heterocycles. The second kappa shape index (κ2) is 17.4. The van der Waals surface area contributed by atoms with E-state index in [4.69, 9.17) is 0 Å². The summed E-state index contributed by atoms with van der Waals surface area (Å²) in [5.74, 6) is 0. The van der Waals surface area contributed by atoms with E-state index in [1.54, 1.807) is 0 Å². The van der Waals surface area contributed by atoms with Gasteiger partial charge in [-0.05, 0) is 16.1 Å². The van der Waals surface area contributed by atoms with E-state index in [-0.39, 0.29) is 26.2 Å². The zero-order valence-electron chi connectivity index (χ0n) is 20.1. The van der Waals surface area contributed by atoms with Gasteiger partial charge in [-0.25, -0.2) is 0 Å². The van der Waals surface area contributed by atoms with Crippen LogP contribution in [-0.2, 0) is 26.2 Å². The third kappa shape index (κ3) is 20.8. The molecule has 0 aromatic rings. The first kappa shape index (κ1) is 30.9. The van der Waals surface area contributed by atoms with Crippen molar-refractivity contribution < 1.29 is 26.2 Å². The molecular weight excluding hydrogens is 460 g/mol. The molecule has 0 atom stereocenters. The topological polar surface area (TPSA) is 0 Å². The Balaban J connectivity index is 0. The van der Waals surface area contributed by atoms with Crippen LogP contribution in [0.4, 0.5) is 0 Å². The van der Waals surface area contributed by atoms with E-state index in [9.17, 15) is 0 Å². The number of hydrogen-bond acceptors (Lipinski definition) is 0. The van der Waals surface area contributed by atoms with Gasteiger partial charge in [-0.3, -0.25) is 0 Å². The SMILES string of the molecule is CCCC(=[C-][Si](C)(C)C)C(=[C-][Si](C)(C)C)CCC.[CH]1C=CC=C1.[CH]1C=CC=C1.[Zr+2]. The van der Waals surface area contributed by atoms with E-state index < -0.39 is 16.1 Å². The molecule has 0 aromatic carbocycles. The maximum atomic E-state index is 3.84. The van der Waals surface area contributed by atoms with Crippen molar-refractivity contribution in [2.45, 2.75) is 78.8 Å². The van der Waals surface area contributed by atoms with E-state index in [1.165, 1.54) is 36.8 Å². The second-order valence-electron chi connectivity index (χ2n) is 9.13. The first-order chi connectivity index (χ1) is 13.1. The van der Waals surface area contributed by atoms with Crippen molar-refractivity contribution >= 4 is 16.1 Å². The molecule has 0 fully saturated rings. The Morgan fingerprint density at radius 1 is 0.552 bits per heavy atom. The van der Waals surface area contributed by atoms with Crippen molar-refractivity contribution in [2.75, 3.05) is 0 Å². The van der Waals surface area contributed by atoms with Crippen LogP contribution in [0.15, 0.2) is 59.8 Å². The molecule has 3 heteroatoms. The zero-order chi connectivity index (χ0) is 21.5.